The summed E-state index contributed by atoms with van der Waals surface area (Å²) in [5.74, 6) is -1.29. The molecule has 0 bridgehead atoms. The first-order chi connectivity index (χ1) is 15.8. The first-order valence-electron chi connectivity index (χ1n) is 10.3. The van der Waals surface area contributed by atoms with E-state index in [1.807, 2.05) is 31.2 Å². The third-order valence-corrected chi connectivity index (χ3v) is 5.04. The van der Waals surface area contributed by atoms with E-state index < -0.39 is 17.8 Å². The third-order valence-electron chi connectivity index (χ3n) is 5.04. The quantitative estimate of drug-likeness (QED) is 0.301. The van der Waals surface area contributed by atoms with Crippen molar-refractivity contribution in [2.24, 2.45) is 5.73 Å². The first kappa shape index (κ1) is 22.1. The molecule has 2 atom stereocenters. The number of nitrogens with one attached hydrogen (secondary N) is 1. The number of hydrogen-bond donors (Lipinski definition) is 3. The van der Waals surface area contributed by atoms with Crippen molar-refractivity contribution in [2.45, 2.75) is 25.9 Å². The Kier molecular flexibility index (Phi) is 6.14. The summed E-state index contributed by atoms with van der Waals surface area (Å²) >= 11 is 0. The van der Waals surface area contributed by atoms with Crippen molar-refractivity contribution in [2.75, 3.05) is 11.1 Å². The molecule has 1 heterocycles. The number of nitrogens with two attached hydrogens (primary N) is 2. The van der Waals surface area contributed by atoms with Gasteiger partial charge in [-0.1, -0.05) is 36.4 Å². The monoisotopic (exact) mass is 446 g/mol. The molecule has 0 aliphatic carbocycles. The minimum absolute atomic E-state index is 0.0129. The smallest absolute Gasteiger partial charge is 0.328 e. The Bertz CT molecular complexity index is 1330. The van der Waals surface area contributed by atoms with Crippen molar-refractivity contribution in [3.8, 4) is 17.1 Å². The molecule has 0 fully saturated rings. The molecule has 0 radical (unpaired) electrons. The fourth-order valence-electron chi connectivity index (χ4n) is 3.26. The minimum atomic E-state index is -0.870. The van der Waals surface area contributed by atoms with Crippen molar-refractivity contribution in [3.05, 3.63) is 72.0 Å². The lowest BCUT2D eigenvalue weighted by atomic mass is 10.0. The van der Waals surface area contributed by atoms with Gasteiger partial charge in [-0.2, -0.15) is 15.0 Å². The van der Waals surface area contributed by atoms with Gasteiger partial charge in [0.05, 0.1) is 6.04 Å². The molecule has 0 aliphatic rings. The normalized spacial score (nSPS) is 12.8. The number of rotatable bonds is 6. The van der Waals surface area contributed by atoms with Gasteiger partial charge in [0.2, 0.25) is 11.9 Å². The maximum absolute atomic E-state index is 14.5. The molecule has 0 amide bonds. The van der Waals surface area contributed by atoms with Gasteiger partial charge in [-0.25, -0.2) is 9.18 Å². The number of aromatic nitrogens is 3. The summed E-state index contributed by atoms with van der Waals surface area (Å²) in [4.78, 5) is 24.3. The van der Waals surface area contributed by atoms with Gasteiger partial charge in [-0.05, 0) is 54.4 Å². The second-order valence-corrected chi connectivity index (χ2v) is 7.67. The van der Waals surface area contributed by atoms with E-state index in [1.54, 1.807) is 0 Å². The number of carbonyl (C=O) groups is 1. The van der Waals surface area contributed by atoms with Gasteiger partial charge in [0, 0.05) is 5.56 Å². The van der Waals surface area contributed by atoms with E-state index in [9.17, 15) is 9.18 Å². The molecule has 5 N–H and O–H groups in total. The highest BCUT2D eigenvalue weighted by atomic mass is 19.1. The van der Waals surface area contributed by atoms with E-state index in [2.05, 4.69) is 38.5 Å². The Balaban J connectivity index is 1.57. The zero-order valence-corrected chi connectivity index (χ0v) is 18.1. The summed E-state index contributed by atoms with van der Waals surface area (Å²) in [5, 5.41) is 5.49. The van der Waals surface area contributed by atoms with Crippen LogP contribution >= 0.6 is 0 Å². The van der Waals surface area contributed by atoms with E-state index in [0.29, 0.717) is 5.56 Å². The molecule has 9 heteroatoms. The fraction of sp³-hybridized carbons (Fsp3) is 0.167. The number of nitrogen functional groups attached to an aromatic ring is 1. The molecular weight excluding hydrogens is 423 g/mol. The average Bonchev–Trinajstić information content (AvgIpc) is 2.79. The molecule has 0 saturated carbocycles. The summed E-state index contributed by atoms with van der Waals surface area (Å²) in [6.45, 7) is 3.43. The Morgan fingerprint density at radius 2 is 1.76 bits per heavy atom. The highest BCUT2D eigenvalue weighted by Crippen LogP contribution is 2.26. The van der Waals surface area contributed by atoms with Gasteiger partial charge >= 0.3 is 5.97 Å². The molecule has 0 saturated heterocycles. The molecule has 0 aliphatic heterocycles. The fourth-order valence-corrected chi connectivity index (χ4v) is 3.26. The molecule has 1 unspecified atom stereocenters. The molecular formula is C24H23FN6O2. The molecule has 33 heavy (non-hydrogen) atoms. The van der Waals surface area contributed by atoms with E-state index in [1.165, 1.54) is 19.1 Å². The van der Waals surface area contributed by atoms with Crippen LogP contribution in [0.3, 0.4) is 0 Å². The van der Waals surface area contributed by atoms with Crippen LogP contribution in [0.2, 0.25) is 0 Å². The molecule has 168 valence electrons. The molecule has 8 nitrogen and oxygen atoms in total. The van der Waals surface area contributed by atoms with Crippen LogP contribution in [0.1, 0.15) is 25.5 Å². The lowest BCUT2D eigenvalue weighted by molar-refractivity contribution is -0.135. The average molecular weight is 446 g/mol. The van der Waals surface area contributed by atoms with Crippen molar-refractivity contribution in [1.82, 2.24) is 15.0 Å². The number of fused-ring (bicyclic) bond motifs is 1. The second-order valence-electron chi connectivity index (χ2n) is 7.67. The van der Waals surface area contributed by atoms with Crippen molar-refractivity contribution in [1.29, 1.82) is 0 Å². The van der Waals surface area contributed by atoms with Crippen LogP contribution in [0.25, 0.3) is 22.2 Å². The number of nitrogens with zero attached hydrogens (tertiary/aromatic N) is 3. The maximum Gasteiger partial charge on any atom is 0.328 e. The first-order valence-corrected chi connectivity index (χ1v) is 10.3. The van der Waals surface area contributed by atoms with Crippen molar-refractivity contribution < 1.29 is 13.9 Å². The highest BCUT2D eigenvalue weighted by molar-refractivity contribution is 5.83. The molecule has 0 spiro atoms. The summed E-state index contributed by atoms with van der Waals surface area (Å²) in [5.41, 5.74) is 12.7. The lowest BCUT2D eigenvalue weighted by Crippen LogP contribution is -2.31. The standard InChI is InChI=1S/C24H23FN6O2/c1-13(26)22(32)33-20-10-9-18(12-19(20)25)21-29-23(27)31-24(30-21)28-14(2)16-8-7-15-5-3-4-6-17(15)11-16/h3-14H,26H2,1-2H3,(H3,27,28,29,30,31)/t13?,14-/m1/s1. The van der Waals surface area contributed by atoms with Gasteiger partial charge in [0.1, 0.15) is 6.04 Å². The van der Waals surface area contributed by atoms with E-state index >= 15 is 0 Å². The van der Waals surface area contributed by atoms with Gasteiger partial charge in [-0.3, -0.25) is 0 Å². The lowest BCUT2D eigenvalue weighted by Gasteiger charge is -2.16. The maximum atomic E-state index is 14.5. The summed E-state index contributed by atoms with van der Waals surface area (Å²) in [7, 11) is 0. The molecule has 4 rings (SSSR count). The largest absolute Gasteiger partial charge is 0.422 e. The van der Waals surface area contributed by atoms with E-state index in [4.69, 9.17) is 16.2 Å². The van der Waals surface area contributed by atoms with Crippen molar-refractivity contribution in [3.63, 3.8) is 0 Å². The topological polar surface area (TPSA) is 129 Å². The van der Waals surface area contributed by atoms with Gasteiger partial charge in [0.15, 0.2) is 17.4 Å². The summed E-state index contributed by atoms with van der Waals surface area (Å²) < 4.78 is 19.4. The number of ether oxygens (including phenoxy) is 1. The predicted octanol–water partition coefficient (Wildman–Crippen LogP) is 3.84. The number of hydrogen-bond acceptors (Lipinski definition) is 8. The van der Waals surface area contributed by atoms with Gasteiger partial charge < -0.3 is 21.5 Å². The number of esters is 1. The highest BCUT2D eigenvalue weighted by Gasteiger charge is 2.16. The second kappa shape index (κ2) is 9.17. The zero-order chi connectivity index (χ0) is 23.5. The number of carbonyl (C=O) groups excluding carboxylic acids is 1. The van der Waals surface area contributed by atoms with E-state index in [-0.39, 0.29) is 29.5 Å². The summed E-state index contributed by atoms with van der Waals surface area (Å²) in [6.07, 6.45) is 0. The minimum Gasteiger partial charge on any atom is -0.422 e. The Morgan fingerprint density at radius 3 is 2.48 bits per heavy atom. The predicted molar refractivity (Wildman–Crippen MR) is 125 cm³/mol. The molecule has 3 aromatic carbocycles. The van der Waals surface area contributed by atoms with Gasteiger partial charge in [-0.15, -0.1) is 0 Å². The number of halogens is 1. The Hall–Kier alpha value is -4.11. The number of anilines is 2. The Morgan fingerprint density at radius 1 is 1.00 bits per heavy atom. The number of benzene rings is 3. The Labute approximate surface area is 189 Å². The van der Waals surface area contributed by atoms with Crippen LogP contribution in [-0.4, -0.2) is 27.0 Å². The van der Waals surface area contributed by atoms with E-state index in [0.717, 1.165) is 22.4 Å². The van der Waals surface area contributed by atoms with Crippen LogP contribution in [-0.2, 0) is 4.79 Å². The van der Waals surface area contributed by atoms with Crippen LogP contribution < -0.4 is 21.5 Å². The van der Waals surface area contributed by atoms with Crippen LogP contribution in [0, 0.1) is 5.82 Å². The van der Waals surface area contributed by atoms with Gasteiger partial charge in [0.25, 0.3) is 0 Å². The van der Waals surface area contributed by atoms with Crippen LogP contribution in [0.15, 0.2) is 60.7 Å². The van der Waals surface area contributed by atoms with Crippen molar-refractivity contribution >= 4 is 28.6 Å². The molecule has 4 aromatic rings. The molecule has 1 aromatic heterocycles. The third kappa shape index (κ3) is 5.04. The van der Waals surface area contributed by atoms with Crippen LogP contribution in [0.4, 0.5) is 16.3 Å². The zero-order valence-electron chi connectivity index (χ0n) is 18.1. The summed E-state index contributed by atoms with van der Waals surface area (Å²) in [6, 6.07) is 17.3. The van der Waals surface area contributed by atoms with Crippen LogP contribution in [0.5, 0.6) is 5.75 Å². The SMILES string of the molecule is CC(N)C(=O)Oc1ccc(-c2nc(N)nc(N[C@H](C)c3ccc4ccccc4c3)n2)cc1F.